The SMILES string of the molecule is COc1ccc(C(CCCCl)(OC)OC)cc1OC. The van der Waals surface area contributed by atoms with Crippen molar-refractivity contribution in [2.75, 3.05) is 34.3 Å². The maximum absolute atomic E-state index is 5.76. The van der Waals surface area contributed by atoms with Crippen molar-refractivity contribution >= 4 is 11.6 Å². The lowest BCUT2D eigenvalue weighted by Crippen LogP contribution is -2.31. The molecule has 0 atom stereocenters. The van der Waals surface area contributed by atoms with Gasteiger partial charge in [0.2, 0.25) is 0 Å². The number of benzene rings is 1. The van der Waals surface area contributed by atoms with Crippen molar-refractivity contribution in [2.45, 2.75) is 18.6 Å². The average molecular weight is 289 g/mol. The Hall–Kier alpha value is -0.970. The molecule has 0 unspecified atom stereocenters. The second-order valence-electron chi connectivity index (χ2n) is 4.02. The van der Waals surface area contributed by atoms with Crippen LogP contribution in [0.1, 0.15) is 18.4 Å². The van der Waals surface area contributed by atoms with E-state index in [0.29, 0.717) is 23.8 Å². The molecular weight excluding hydrogens is 268 g/mol. The van der Waals surface area contributed by atoms with Crippen LogP contribution in [0.3, 0.4) is 0 Å². The van der Waals surface area contributed by atoms with E-state index in [1.165, 1.54) is 0 Å². The van der Waals surface area contributed by atoms with E-state index in [1.54, 1.807) is 28.4 Å². The van der Waals surface area contributed by atoms with Gasteiger partial charge in [-0.3, -0.25) is 0 Å². The second-order valence-corrected chi connectivity index (χ2v) is 4.40. The molecule has 1 aromatic rings. The van der Waals surface area contributed by atoms with Gasteiger partial charge in [-0.25, -0.2) is 0 Å². The lowest BCUT2D eigenvalue weighted by molar-refractivity contribution is -0.220. The van der Waals surface area contributed by atoms with Gasteiger partial charge in [0.15, 0.2) is 17.3 Å². The molecule has 0 aliphatic carbocycles. The van der Waals surface area contributed by atoms with Gasteiger partial charge in [-0.2, -0.15) is 0 Å². The van der Waals surface area contributed by atoms with E-state index >= 15 is 0 Å². The van der Waals surface area contributed by atoms with Crippen molar-refractivity contribution in [2.24, 2.45) is 0 Å². The smallest absolute Gasteiger partial charge is 0.194 e. The van der Waals surface area contributed by atoms with Gasteiger partial charge in [0, 0.05) is 32.1 Å². The monoisotopic (exact) mass is 288 g/mol. The van der Waals surface area contributed by atoms with Gasteiger partial charge in [0.25, 0.3) is 0 Å². The predicted octanol–water partition coefficient (Wildman–Crippen LogP) is 3.17. The number of ether oxygens (including phenoxy) is 4. The molecule has 0 bridgehead atoms. The summed E-state index contributed by atoms with van der Waals surface area (Å²) < 4.78 is 21.7. The number of alkyl halides is 1. The van der Waals surface area contributed by atoms with Gasteiger partial charge in [-0.05, 0) is 24.6 Å². The summed E-state index contributed by atoms with van der Waals surface area (Å²) in [7, 11) is 6.44. The van der Waals surface area contributed by atoms with E-state index in [9.17, 15) is 0 Å². The summed E-state index contributed by atoms with van der Waals surface area (Å²) in [6.07, 6.45) is 1.45. The van der Waals surface area contributed by atoms with Gasteiger partial charge >= 0.3 is 0 Å². The second kappa shape index (κ2) is 7.58. The molecule has 1 aromatic carbocycles. The van der Waals surface area contributed by atoms with Gasteiger partial charge in [-0.15, -0.1) is 11.6 Å². The number of rotatable bonds is 8. The minimum atomic E-state index is -0.811. The molecule has 108 valence electrons. The van der Waals surface area contributed by atoms with E-state index in [-0.39, 0.29) is 0 Å². The van der Waals surface area contributed by atoms with Crippen LogP contribution < -0.4 is 9.47 Å². The van der Waals surface area contributed by atoms with Crippen LogP contribution in [0.15, 0.2) is 18.2 Å². The minimum Gasteiger partial charge on any atom is -0.493 e. The fraction of sp³-hybridized carbons (Fsp3) is 0.571. The van der Waals surface area contributed by atoms with Crippen LogP contribution in [0, 0.1) is 0 Å². The first kappa shape index (κ1) is 16.1. The quantitative estimate of drug-likeness (QED) is 0.544. The Balaban J connectivity index is 3.15. The topological polar surface area (TPSA) is 36.9 Å². The van der Waals surface area contributed by atoms with Crippen LogP contribution in [-0.4, -0.2) is 34.3 Å². The first-order valence-electron chi connectivity index (χ1n) is 6.06. The van der Waals surface area contributed by atoms with Crippen molar-refractivity contribution in [1.82, 2.24) is 0 Å². The lowest BCUT2D eigenvalue weighted by Gasteiger charge is -2.31. The Bertz CT molecular complexity index is 391. The third-order valence-corrected chi connectivity index (χ3v) is 3.39. The maximum Gasteiger partial charge on any atom is 0.194 e. The maximum atomic E-state index is 5.76. The molecule has 0 aliphatic heterocycles. The molecule has 0 aliphatic rings. The normalized spacial score (nSPS) is 11.4. The van der Waals surface area contributed by atoms with Crippen molar-refractivity contribution in [3.8, 4) is 11.5 Å². The molecule has 0 fully saturated rings. The van der Waals surface area contributed by atoms with E-state index in [2.05, 4.69) is 0 Å². The van der Waals surface area contributed by atoms with Crippen LogP contribution >= 0.6 is 11.6 Å². The lowest BCUT2D eigenvalue weighted by atomic mass is 10.00. The predicted molar refractivity (Wildman–Crippen MR) is 75.2 cm³/mol. The van der Waals surface area contributed by atoms with Crippen molar-refractivity contribution in [3.63, 3.8) is 0 Å². The van der Waals surface area contributed by atoms with Gasteiger partial charge in [0.1, 0.15) is 0 Å². The molecule has 0 N–H and O–H groups in total. The Morgan fingerprint density at radius 3 is 2.11 bits per heavy atom. The first-order chi connectivity index (χ1) is 9.17. The Morgan fingerprint density at radius 1 is 1.00 bits per heavy atom. The molecule has 0 radical (unpaired) electrons. The Kier molecular flexibility index (Phi) is 6.42. The number of halogens is 1. The van der Waals surface area contributed by atoms with Crippen molar-refractivity contribution in [3.05, 3.63) is 23.8 Å². The summed E-state index contributed by atoms with van der Waals surface area (Å²) in [5.41, 5.74) is 0.875. The zero-order valence-corrected chi connectivity index (χ0v) is 12.6. The summed E-state index contributed by atoms with van der Waals surface area (Å²) >= 11 is 5.76. The first-order valence-corrected chi connectivity index (χ1v) is 6.59. The summed E-state index contributed by atoms with van der Waals surface area (Å²) in [5.74, 6) is 1.06. The fourth-order valence-corrected chi connectivity index (χ4v) is 2.17. The van der Waals surface area contributed by atoms with Gasteiger partial charge in [-0.1, -0.05) is 0 Å². The average Bonchev–Trinajstić information content (AvgIpc) is 2.48. The zero-order chi connectivity index (χ0) is 14.3. The van der Waals surface area contributed by atoms with Crippen molar-refractivity contribution in [1.29, 1.82) is 0 Å². The van der Waals surface area contributed by atoms with Gasteiger partial charge < -0.3 is 18.9 Å². The highest BCUT2D eigenvalue weighted by Gasteiger charge is 2.32. The summed E-state index contributed by atoms with van der Waals surface area (Å²) in [6, 6.07) is 5.60. The van der Waals surface area contributed by atoms with E-state index in [4.69, 9.17) is 30.5 Å². The van der Waals surface area contributed by atoms with Crippen LogP contribution in [0.5, 0.6) is 11.5 Å². The number of hydrogen-bond donors (Lipinski definition) is 0. The fourth-order valence-electron chi connectivity index (χ4n) is 2.04. The van der Waals surface area contributed by atoms with E-state index < -0.39 is 5.79 Å². The van der Waals surface area contributed by atoms with Crippen LogP contribution in [0.25, 0.3) is 0 Å². The summed E-state index contributed by atoms with van der Waals surface area (Å²) in [4.78, 5) is 0. The van der Waals surface area contributed by atoms with E-state index in [1.807, 2.05) is 18.2 Å². The number of hydrogen-bond acceptors (Lipinski definition) is 4. The molecule has 1 rings (SSSR count). The highest BCUT2D eigenvalue weighted by Crippen LogP contribution is 2.37. The van der Waals surface area contributed by atoms with Gasteiger partial charge in [0.05, 0.1) is 14.2 Å². The molecule has 0 spiro atoms. The molecule has 0 saturated carbocycles. The molecular formula is C14H21ClO4. The van der Waals surface area contributed by atoms with Crippen molar-refractivity contribution < 1.29 is 18.9 Å². The van der Waals surface area contributed by atoms with E-state index in [0.717, 1.165) is 12.0 Å². The molecule has 0 aromatic heterocycles. The highest BCUT2D eigenvalue weighted by molar-refractivity contribution is 6.17. The van der Waals surface area contributed by atoms with Crippen LogP contribution in [0.2, 0.25) is 0 Å². The third kappa shape index (κ3) is 3.53. The molecule has 19 heavy (non-hydrogen) atoms. The van der Waals surface area contributed by atoms with Crippen LogP contribution in [-0.2, 0) is 15.3 Å². The largest absolute Gasteiger partial charge is 0.493 e. The summed E-state index contributed by atoms with van der Waals surface area (Å²) in [6.45, 7) is 0. The Morgan fingerprint density at radius 2 is 1.63 bits per heavy atom. The highest BCUT2D eigenvalue weighted by atomic mass is 35.5. The molecule has 0 saturated heterocycles. The summed E-state index contributed by atoms with van der Waals surface area (Å²) in [5, 5.41) is 0. The standard InChI is InChI=1S/C14H21ClO4/c1-16-12-7-6-11(10-13(12)17-2)14(18-3,19-4)8-5-9-15/h6-7,10H,5,8-9H2,1-4H3. The minimum absolute atomic E-state index is 0.557. The molecule has 0 amide bonds. The Labute approximate surface area is 119 Å². The molecule has 0 heterocycles. The molecule has 4 nitrogen and oxygen atoms in total. The van der Waals surface area contributed by atoms with Crippen LogP contribution in [0.4, 0.5) is 0 Å². The molecule has 5 heteroatoms. The number of methoxy groups -OCH3 is 4. The third-order valence-electron chi connectivity index (χ3n) is 3.12. The zero-order valence-electron chi connectivity index (χ0n) is 11.9.